The van der Waals surface area contributed by atoms with Gasteiger partial charge in [0.1, 0.15) is 0 Å². The monoisotopic (exact) mass is 261 g/mol. The Morgan fingerprint density at radius 2 is 2.22 bits per heavy atom. The Hall–Kier alpha value is -2.07. The van der Waals surface area contributed by atoms with Crippen LogP contribution in [0.15, 0.2) is 42.7 Å². The molecular weight excluding hydrogens is 250 g/mol. The molecule has 0 unspecified atom stereocenters. The highest BCUT2D eigenvalue weighted by Crippen LogP contribution is 2.19. The highest BCUT2D eigenvalue weighted by atomic mass is 35.5. The fourth-order valence-electron chi connectivity index (χ4n) is 1.55. The predicted octanol–water partition coefficient (Wildman–Crippen LogP) is 2.50. The molecule has 1 heterocycles. The Morgan fingerprint density at radius 3 is 2.94 bits per heavy atom. The summed E-state index contributed by atoms with van der Waals surface area (Å²) in [5, 5.41) is 3.17. The standard InChI is InChI=1S/C13H12ClN3O/c14-11-4-5-16-8-12(11)17-13(18)7-9-2-1-3-10(15)6-9/h1-6,8H,7,15H2,(H,17,18). The first-order valence-electron chi connectivity index (χ1n) is 5.39. The number of benzene rings is 1. The van der Waals surface area contributed by atoms with Gasteiger partial charge in [0.05, 0.1) is 23.3 Å². The van der Waals surface area contributed by atoms with E-state index in [2.05, 4.69) is 10.3 Å². The van der Waals surface area contributed by atoms with E-state index in [0.29, 0.717) is 16.4 Å². The summed E-state index contributed by atoms with van der Waals surface area (Å²) in [4.78, 5) is 15.7. The number of hydrogen-bond donors (Lipinski definition) is 2. The van der Waals surface area contributed by atoms with Crippen LogP contribution < -0.4 is 11.1 Å². The zero-order chi connectivity index (χ0) is 13.0. The first-order chi connectivity index (χ1) is 8.65. The van der Waals surface area contributed by atoms with Crippen LogP contribution in [0.5, 0.6) is 0 Å². The molecule has 0 bridgehead atoms. The topological polar surface area (TPSA) is 68.0 Å². The Kier molecular flexibility index (Phi) is 3.79. The Morgan fingerprint density at radius 1 is 1.39 bits per heavy atom. The molecule has 0 aliphatic carbocycles. The van der Waals surface area contributed by atoms with Crippen molar-refractivity contribution in [3.05, 3.63) is 53.3 Å². The lowest BCUT2D eigenvalue weighted by atomic mass is 10.1. The summed E-state index contributed by atoms with van der Waals surface area (Å²) in [5.41, 5.74) is 7.65. The minimum absolute atomic E-state index is 0.157. The van der Waals surface area contributed by atoms with Crippen molar-refractivity contribution in [1.82, 2.24) is 4.98 Å². The summed E-state index contributed by atoms with van der Waals surface area (Å²) in [7, 11) is 0. The second kappa shape index (κ2) is 5.51. The maximum absolute atomic E-state index is 11.8. The van der Waals surface area contributed by atoms with Crippen molar-refractivity contribution >= 4 is 28.9 Å². The molecule has 0 aliphatic heterocycles. The van der Waals surface area contributed by atoms with E-state index in [1.807, 2.05) is 12.1 Å². The molecule has 1 aromatic heterocycles. The summed E-state index contributed by atoms with van der Waals surface area (Å²) in [6, 6.07) is 8.83. The summed E-state index contributed by atoms with van der Waals surface area (Å²) in [5.74, 6) is -0.157. The van der Waals surface area contributed by atoms with Crippen LogP contribution in [0.25, 0.3) is 0 Å². The predicted molar refractivity (Wildman–Crippen MR) is 72.4 cm³/mol. The summed E-state index contributed by atoms with van der Waals surface area (Å²) in [6.45, 7) is 0. The van der Waals surface area contributed by atoms with Crippen molar-refractivity contribution in [3.63, 3.8) is 0 Å². The number of pyridine rings is 1. The van der Waals surface area contributed by atoms with Crippen LogP contribution in [0.3, 0.4) is 0 Å². The molecular formula is C13H12ClN3O. The van der Waals surface area contributed by atoms with Crippen LogP contribution in [0.1, 0.15) is 5.56 Å². The van der Waals surface area contributed by atoms with Crippen molar-refractivity contribution in [2.45, 2.75) is 6.42 Å². The van der Waals surface area contributed by atoms with Gasteiger partial charge in [0.2, 0.25) is 5.91 Å². The first kappa shape index (κ1) is 12.4. The van der Waals surface area contributed by atoms with Crippen LogP contribution in [0.4, 0.5) is 11.4 Å². The minimum Gasteiger partial charge on any atom is -0.399 e. The van der Waals surface area contributed by atoms with Gasteiger partial charge in [0.15, 0.2) is 0 Å². The fraction of sp³-hybridized carbons (Fsp3) is 0.0769. The lowest BCUT2D eigenvalue weighted by Crippen LogP contribution is -2.14. The van der Waals surface area contributed by atoms with Crippen LogP contribution >= 0.6 is 11.6 Å². The number of aromatic nitrogens is 1. The van der Waals surface area contributed by atoms with E-state index in [1.54, 1.807) is 24.4 Å². The number of nitrogens with two attached hydrogens (primary N) is 1. The molecule has 0 atom stereocenters. The average molecular weight is 262 g/mol. The summed E-state index contributed by atoms with van der Waals surface area (Å²) in [6.07, 6.45) is 3.33. The number of rotatable bonds is 3. The molecule has 0 fully saturated rings. The van der Waals surface area contributed by atoms with Crippen LogP contribution in [-0.4, -0.2) is 10.9 Å². The fourth-order valence-corrected chi connectivity index (χ4v) is 1.70. The van der Waals surface area contributed by atoms with Gasteiger partial charge in [-0.2, -0.15) is 0 Å². The van der Waals surface area contributed by atoms with E-state index < -0.39 is 0 Å². The maximum Gasteiger partial charge on any atom is 0.228 e. The third-order valence-electron chi connectivity index (χ3n) is 2.36. The summed E-state index contributed by atoms with van der Waals surface area (Å²) < 4.78 is 0. The van der Waals surface area contributed by atoms with Crippen molar-refractivity contribution < 1.29 is 4.79 Å². The van der Waals surface area contributed by atoms with Gasteiger partial charge in [-0.05, 0) is 23.8 Å². The molecule has 18 heavy (non-hydrogen) atoms. The zero-order valence-corrected chi connectivity index (χ0v) is 10.3. The Balaban J connectivity index is 2.03. The molecule has 1 amide bonds. The van der Waals surface area contributed by atoms with Crippen molar-refractivity contribution in [2.24, 2.45) is 0 Å². The molecule has 3 N–H and O–H groups in total. The highest BCUT2D eigenvalue weighted by molar-refractivity contribution is 6.33. The van der Waals surface area contributed by atoms with E-state index >= 15 is 0 Å². The van der Waals surface area contributed by atoms with Crippen LogP contribution in [0, 0.1) is 0 Å². The summed E-state index contributed by atoms with van der Waals surface area (Å²) >= 11 is 5.92. The quantitative estimate of drug-likeness (QED) is 0.834. The second-order valence-electron chi connectivity index (χ2n) is 3.83. The van der Waals surface area contributed by atoms with Crippen molar-refractivity contribution in [3.8, 4) is 0 Å². The lowest BCUT2D eigenvalue weighted by molar-refractivity contribution is -0.115. The molecule has 0 spiro atoms. The normalized spacial score (nSPS) is 10.1. The van der Waals surface area contributed by atoms with Gasteiger partial charge in [0.25, 0.3) is 0 Å². The molecule has 5 heteroatoms. The van der Waals surface area contributed by atoms with Gasteiger partial charge in [0, 0.05) is 11.9 Å². The Labute approximate surface area is 110 Å². The van der Waals surface area contributed by atoms with Crippen LogP contribution in [-0.2, 0) is 11.2 Å². The highest BCUT2D eigenvalue weighted by Gasteiger charge is 2.06. The van der Waals surface area contributed by atoms with Crippen LogP contribution in [0.2, 0.25) is 5.02 Å². The number of nitrogens with one attached hydrogen (secondary N) is 1. The molecule has 1 aromatic carbocycles. The Bertz CT molecular complexity index is 572. The van der Waals surface area contributed by atoms with Gasteiger partial charge in [-0.15, -0.1) is 0 Å². The van der Waals surface area contributed by atoms with E-state index in [9.17, 15) is 4.79 Å². The van der Waals surface area contributed by atoms with E-state index in [1.165, 1.54) is 6.20 Å². The molecule has 4 nitrogen and oxygen atoms in total. The number of anilines is 2. The molecule has 92 valence electrons. The molecule has 2 aromatic rings. The molecule has 0 radical (unpaired) electrons. The third-order valence-corrected chi connectivity index (χ3v) is 2.69. The van der Waals surface area contributed by atoms with E-state index in [4.69, 9.17) is 17.3 Å². The number of hydrogen-bond acceptors (Lipinski definition) is 3. The third kappa shape index (κ3) is 3.21. The van der Waals surface area contributed by atoms with Gasteiger partial charge in [-0.25, -0.2) is 0 Å². The molecule has 2 rings (SSSR count). The number of nitrogen functional groups attached to an aromatic ring is 1. The van der Waals surface area contributed by atoms with Gasteiger partial charge in [-0.3, -0.25) is 9.78 Å². The smallest absolute Gasteiger partial charge is 0.228 e. The van der Waals surface area contributed by atoms with Crippen molar-refractivity contribution in [2.75, 3.05) is 11.1 Å². The SMILES string of the molecule is Nc1cccc(CC(=O)Nc2cnccc2Cl)c1. The van der Waals surface area contributed by atoms with Gasteiger partial charge >= 0.3 is 0 Å². The van der Waals surface area contributed by atoms with Gasteiger partial charge < -0.3 is 11.1 Å². The molecule has 0 aliphatic rings. The molecule has 0 saturated carbocycles. The number of carbonyl (C=O) groups is 1. The largest absolute Gasteiger partial charge is 0.399 e. The number of carbonyl (C=O) groups excluding carboxylic acids is 1. The van der Waals surface area contributed by atoms with E-state index in [0.717, 1.165) is 5.56 Å². The minimum atomic E-state index is -0.157. The number of amides is 1. The molecule has 0 saturated heterocycles. The van der Waals surface area contributed by atoms with Gasteiger partial charge in [-0.1, -0.05) is 23.7 Å². The van der Waals surface area contributed by atoms with E-state index in [-0.39, 0.29) is 12.3 Å². The maximum atomic E-state index is 11.8. The first-order valence-corrected chi connectivity index (χ1v) is 5.77. The number of nitrogens with zero attached hydrogens (tertiary/aromatic N) is 1. The number of halogens is 1. The zero-order valence-electron chi connectivity index (χ0n) is 9.56. The average Bonchev–Trinajstić information content (AvgIpc) is 2.32. The lowest BCUT2D eigenvalue weighted by Gasteiger charge is -2.06. The van der Waals surface area contributed by atoms with Crippen molar-refractivity contribution in [1.29, 1.82) is 0 Å². The second-order valence-corrected chi connectivity index (χ2v) is 4.23.